The molecule has 3 unspecified atom stereocenters. The van der Waals surface area contributed by atoms with Crippen molar-refractivity contribution < 1.29 is 0 Å². The highest BCUT2D eigenvalue weighted by Gasteiger charge is 2.28. The maximum atomic E-state index is 4.71. The topological polar surface area (TPSA) is 29.9 Å². The Balaban J connectivity index is 2.00. The minimum absolute atomic E-state index is 0.462. The Morgan fingerprint density at radius 3 is 2.84 bits per heavy atom. The third-order valence-corrected chi connectivity index (χ3v) is 4.37. The van der Waals surface area contributed by atoms with Crippen LogP contribution < -0.4 is 5.32 Å². The largest absolute Gasteiger partial charge is 0.314 e. The molecule has 1 heterocycles. The van der Waals surface area contributed by atoms with Crippen LogP contribution in [0, 0.1) is 11.8 Å². The van der Waals surface area contributed by atoms with E-state index in [9.17, 15) is 0 Å². The van der Waals surface area contributed by atoms with Gasteiger partial charge in [-0.25, -0.2) is 0 Å². The molecule has 0 bridgehead atoms. The zero-order chi connectivity index (χ0) is 13.8. The van der Waals surface area contributed by atoms with Crippen LogP contribution >= 0.6 is 0 Å². The summed E-state index contributed by atoms with van der Waals surface area (Å²) in [6.45, 7) is 10.0. The molecule has 0 aromatic carbocycles. The van der Waals surface area contributed by atoms with Crippen LogP contribution in [0.5, 0.6) is 0 Å². The summed E-state index contributed by atoms with van der Waals surface area (Å²) < 4.78 is 2.07. The minimum Gasteiger partial charge on any atom is -0.314 e. The first kappa shape index (κ1) is 14.6. The van der Waals surface area contributed by atoms with Crippen molar-refractivity contribution >= 4 is 0 Å². The van der Waals surface area contributed by atoms with Gasteiger partial charge in [-0.15, -0.1) is 0 Å². The van der Waals surface area contributed by atoms with Gasteiger partial charge in [0.25, 0.3) is 0 Å². The number of aromatic nitrogens is 2. The van der Waals surface area contributed by atoms with Crippen molar-refractivity contribution in [3.05, 3.63) is 18.0 Å². The Morgan fingerprint density at radius 1 is 1.42 bits per heavy atom. The molecule has 0 spiro atoms. The molecule has 1 N–H and O–H groups in total. The lowest BCUT2D eigenvalue weighted by atomic mass is 9.76. The van der Waals surface area contributed by atoms with E-state index in [1.807, 2.05) is 0 Å². The van der Waals surface area contributed by atoms with Gasteiger partial charge in [0.05, 0.1) is 5.69 Å². The summed E-state index contributed by atoms with van der Waals surface area (Å²) in [4.78, 5) is 0. The molecule has 108 valence electrons. The van der Waals surface area contributed by atoms with E-state index in [2.05, 4.69) is 50.0 Å². The van der Waals surface area contributed by atoms with Gasteiger partial charge in [0.15, 0.2) is 0 Å². The molecule has 1 fully saturated rings. The molecule has 0 amide bonds. The summed E-state index contributed by atoms with van der Waals surface area (Å²) in [6, 6.07) is 3.34. The smallest absolute Gasteiger partial charge is 0.0628 e. The number of nitrogens with one attached hydrogen (secondary N) is 1. The van der Waals surface area contributed by atoms with Crippen molar-refractivity contribution in [2.45, 2.75) is 65.5 Å². The molecular formula is C16H29N3. The fraction of sp³-hybridized carbons (Fsp3) is 0.812. The second-order valence-corrected chi connectivity index (χ2v) is 6.43. The van der Waals surface area contributed by atoms with Crippen LogP contribution in [-0.2, 0) is 6.42 Å². The molecule has 1 aliphatic carbocycles. The average molecular weight is 263 g/mol. The second-order valence-electron chi connectivity index (χ2n) is 6.43. The van der Waals surface area contributed by atoms with E-state index < -0.39 is 0 Å². The molecule has 3 heteroatoms. The maximum absolute atomic E-state index is 4.71. The lowest BCUT2D eigenvalue weighted by Crippen LogP contribution is -2.41. The van der Waals surface area contributed by atoms with E-state index in [1.165, 1.54) is 25.0 Å². The standard InChI is InChI=1S/C16H29N3/c1-5-17-16-7-6-13(4)10-14(16)11-15-8-9-19(18-15)12(2)3/h8-9,12-14,16-17H,5-7,10-11H2,1-4H3. The number of hydrogen-bond acceptors (Lipinski definition) is 2. The third-order valence-electron chi connectivity index (χ3n) is 4.37. The van der Waals surface area contributed by atoms with E-state index in [0.717, 1.165) is 24.8 Å². The molecule has 1 saturated carbocycles. The second kappa shape index (κ2) is 6.56. The molecule has 1 aromatic rings. The summed E-state index contributed by atoms with van der Waals surface area (Å²) in [5.74, 6) is 1.62. The highest BCUT2D eigenvalue weighted by Crippen LogP contribution is 2.31. The summed E-state index contributed by atoms with van der Waals surface area (Å²) in [5.41, 5.74) is 1.26. The molecular weight excluding hydrogens is 234 g/mol. The molecule has 3 atom stereocenters. The van der Waals surface area contributed by atoms with Crippen LogP contribution in [-0.4, -0.2) is 22.4 Å². The number of rotatable bonds is 5. The van der Waals surface area contributed by atoms with Crippen molar-refractivity contribution in [1.82, 2.24) is 15.1 Å². The lowest BCUT2D eigenvalue weighted by Gasteiger charge is -2.35. The highest BCUT2D eigenvalue weighted by atomic mass is 15.3. The SMILES string of the molecule is CCNC1CCC(C)CC1Cc1ccn(C(C)C)n1. The molecule has 19 heavy (non-hydrogen) atoms. The van der Waals surface area contributed by atoms with Crippen molar-refractivity contribution in [3.63, 3.8) is 0 Å². The first-order valence-corrected chi connectivity index (χ1v) is 7.87. The molecule has 3 nitrogen and oxygen atoms in total. The van der Waals surface area contributed by atoms with Gasteiger partial charge in [-0.3, -0.25) is 4.68 Å². The Bertz CT molecular complexity index is 383. The molecule has 2 rings (SSSR count). The predicted octanol–water partition coefficient (Wildman–Crippen LogP) is 3.42. The van der Waals surface area contributed by atoms with Gasteiger partial charge in [-0.1, -0.05) is 13.8 Å². The van der Waals surface area contributed by atoms with Crippen LogP contribution in [0.2, 0.25) is 0 Å². The number of hydrogen-bond donors (Lipinski definition) is 1. The fourth-order valence-electron chi connectivity index (χ4n) is 3.30. The minimum atomic E-state index is 0.462. The summed E-state index contributed by atoms with van der Waals surface area (Å²) >= 11 is 0. The Morgan fingerprint density at radius 2 is 2.21 bits per heavy atom. The van der Waals surface area contributed by atoms with E-state index >= 15 is 0 Å². The Hall–Kier alpha value is -0.830. The normalized spacial score (nSPS) is 27.9. The van der Waals surface area contributed by atoms with Crippen LogP contribution in [0.4, 0.5) is 0 Å². The Labute approximate surface area is 117 Å². The molecule has 0 radical (unpaired) electrons. The van der Waals surface area contributed by atoms with Crippen LogP contribution in [0.15, 0.2) is 12.3 Å². The van der Waals surface area contributed by atoms with E-state index in [4.69, 9.17) is 5.10 Å². The summed E-state index contributed by atoms with van der Waals surface area (Å²) in [7, 11) is 0. The summed E-state index contributed by atoms with van der Waals surface area (Å²) in [6.07, 6.45) is 7.28. The van der Waals surface area contributed by atoms with Gasteiger partial charge in [0.1, 0.15) is 0 Å². The first-order valence-electron chi connectivity index (χ1n) is 7.87. The lowest BCUT2D eigenvalue weighted by molar-refractivity contribution is 0.212. The van der Waals surface area contributed by atoms with E-state index in [0.29, 0.717) is 12.1 Å². The van der Waals surface area contributed by atoms with Crippen molar-refractivity contribution in [2.24, 2.45) is 11.8 Å². The van der Waals surface area contributed by atoms with Crippen LogP contribution in [0.1, 0.15) is 58.7 Å². The van der Waals surface area contributed by atoms with Crippen molar-refractivity contribution in [2.75, 3.05) is 6.54 Å². The van der Waals surface area contributed by atoms with Gasteiger partial charge in [0, 0.05) is 18.3 Å². The molecule has 1 aliphatic rings. The summed E-state index contributed by atoms with van der Waals surface area (Å²) in [5, 5.41) is 8.38. The van der Waals surface area contributed by atoms with Gasteiger partial charge in [-0.2, -0.15) is 5.10 Å². The highest BCUT2D eigenvalue weighted by molar-refractivity contribution is 5.03. The fourth-order valence-corrected chi connectivity index (χ4v) is 3.30. The van der Waals surface area contributed by atoms with Gasteiger partial charge < -0.3 is 5.32 Å². The molecule has 0 saturated heterocycles. The van der Waals surface area contributed by atoms with E-state index in [1.54, 1.807) is 0 Å². The van der Waals surface area contributed by atoms with Crippen molar-refractivity contribution in [3.8, 4) is 0 Å². The van der Waals surface area contributed by atoms with Crippen molar-refractivity contribution in [1.29, 1.82) is 0 Å². The van der Waals surface area contributed by atoms with E-state index in [-0.39, 0.29) is 0 Å². The van der Waals surface area contributed by atoms with Gasteiger partial charge in [0.2, 0.25) is 0 Å². The monoisotopic (exact) mass is 263 g/mol. The van der Waals surface area contributed by atoms with Gasteiger partial charge >= 0.3 is 0 Å². The maximum Gasteiger partial charge on any atom is 0.0628 e. The molecule has 0 aliphatic heterocycles. The molecule has 1 aromatic heterocycles. The van der Waals surface area contributed by atoms with Crippen LogP contribution in [0.25, 0.3) is 0 Å². The third kappa shape index (κ3) is 3.82. The average Bonchev–Trinajstić information content (AvgIpc) is 2.81. The first-order chi connectivity index (χ1) is 9.10. The zero-order valence-electron chi connectivity index (χ0n) is 12.9. The zero-order valence-corrected chi connectivity index (χ0v) is 12.9. The number of nitrogens with zero attached hydrogens (tertiary/aromatic N) is 2. The van der Waals surface area contributed by atoms with Crippen LogP contribution in [0.3, 0.4) is 0 Å². The Kier molecular flexibility index (Phi) is 5.03. The predicted molar refractivity (Wildman–Crippen MR) is 80.3 cm³/mol. The van der Waals surface area contributed by atoms with Gasteiger partial charge in [-0.05, 0) is 64.0 Å². The quantitative estimate of drug-likeness (QED) is 0.882.